The maximum Gasteiger partial charge on any atom is 0.282 e. The lowest BCUT2D eigenvalue weighted by atomic mass is 9.84. The highest BCUT2D eigenvalue weighted by Gasteiger charge is 2.25. The van der Waals surface area contributed by atoms with Crippen molar-refractivity contribution in [1.29, 1.82) is 0 Å². The lowest BCUT2D eigenvalue weighted by Gasteiger charge is -2.34. The first-order chi connectivity index (χ1) is 25.8. The van der Waals surface area contributed by atoms with Crippen LogP contribution in [0.15, 0.2) is 70.1 Å². The SMILES string of the molecule is COc1cc(C2C=C(CCNC(=O)c3ccc(OC)c(OC4CCN(C(C)C)CC4)c3)CCC2)cc(-n2nnc(-c3nc(-c4cccs4)no3)c2N)c1. The van der Waals surface area contributed by atoms with Crippen LogP contribution in [0, 0.1) is 0 Å². The van der Waals surface area contributed by atoms with E-state index in [1.165, 1.54) is 16.9 Å². The van der Waals surface area contributed by atoms with Crippen molar-refractivity contribution in [3.05, 3.63) is 76.7 Å². The zero-order valence-corrected chi connectivity index (χ0v) is 31.4. The number of nitrogens with one attached hydrogen (secondary N) is 1. The first-order valence-electron chi connectivity index (χ1n) is 18.1. The zero-order chi connectivity index (χ0) is 36.9. The number of nitrogens with two attached hydrogens (primary N) is 1. The van der Waals surface area contributed by atoms with E-state index in [0.717, 1.165) is 62.1 Å². The molecule has 7 rings (SSSR count). The molecule has 5 aromatic rings. The summed E-state index contributed by atoms with van der Waals surface area (Å²) in [5, 5.41) is 17.8. The molecule has 1 aliphatic carbocycles. The average Bonchev–Trinajstić information content (AvgIpc) is 3.97. The fourth-order valence-corrected chi connectivity index (χ4v) is 7.68. The molecule has 3 aromatic heterocycles. The summed E-state index contributed by atoms with van der Waals surface area (Å²) in [4.78, 5) is 21.1. The van der Waals surface area contributed by atoms with Crippen LogP contribution in [-0.4, -0.2) is 81.9 Å². The number of piperidine rings is 1. The quantitative estimate of drug-likeness (QED) is 0.121. The minimum Gasteiger partial charge on any atom is -0.497 e. The molecule has 53 heavy (non-hydrogen) atoms. The topological polar surface area (TPSA) is 156 Å². The molecule has 2 aliphatic rings. The van der Waals surface area contributed by atoms with Gasteiger partial charge in [0.15, 0.2) is 23.0 Å². The molecule has 1 aliphatic heterocycles. The second kappa shape index (κ2) is 16.2. The Labute approximate surface area is 313 Å². The summed E-state index contributed by atoms with van der Waals surface area (Å²) < 4.78 is 24.7. The largest absolute Gasteiger partial charge is 0.497 e. The van der Waals surface area contributed by atoms with Gasteiger partial charge in [-0.2, -0.15) is 9.67 Å². The van der Waals surface area contributed by atoms with Gasteiger partial charge in [0.25, 0.3) is 11.8 Å². The van der Waals surface area contributed by atoms with Gasteiger partial charge in [-0.15, -0.1) is 16.4 Å². The molecular weight excluding hydrogens is 693 g/mol. The summed E-state index contributed by atoms with van der Waals surface area (Å²) in [6.45, 7) is 6.97. The van der Waals surface area contributed by atoms with E-state index in [0.29, 0.717) is 52.6 Å². The van der Waals surface area contributed by atoms with E-state index in [1.54, 1.807) is 31.0 Å². The van der Waals surface area contributed by atoms with Crippen molar-refractivity contribution in [3.63, 3.8) is 0 Å². The molecule has 4 heterocycles. The van der Waals surface area contributed by atoms with E-state index < -0.39 is 0 Å². The summed E-state index contributed by atoms with van der Waals surface area (Å²) in [7, 11) is 3.27. The van der Waals surface area contributed by atoms with Gasteiger partial charge in [-0.1, -0.05) is 28.1 Å². The molecule has 0 radical (unpaired) electrons. The lowest BCUT2D eigenvalue weighted by molar-refractivity contribution is 0.0819. The van der Waals surface area contributed by atoms with Gasteiger partial charge in [0.05, 0.1) is 24.8 Å². The number of allylic oxidation sites excluding steroid dienone is 1. The highest BCUT2D eigenvalue weighted by molar-refractivity contribution is 7.13. The standard InChI is InChI=1S/C39H46N8O5S/c1-24(2)46-16-13-30(14-17-46)51-33-22-27(10-11-32(33)50-4)38(48)41-15-12-25-7-5-8-26(19-25)28-20-29(23-31(21-28)49-3)47-36(40)35(43-45-47)39-42-37(44-52-39)34-9-6-18-53-34/h6,9-11,18-24,26,30H,5,7-8,12-17,40H2,1-4H3,(H,41,48). The average molecular weight is 739 g/mol. The monoisotopic (exact) mass is 738 g/mol. The number of carbonyl (C=O) groups is 1. The Morgan fingerprint density at radius 2 is 1.92 bits per heavy atom. The normalized spacial score (nSPS) is 16.8. The maximum atomic E-state index is 13.3. The van der Waals surface area contributed by atoms with Crippen molar-refractivity contribution in [1.82, 2.24) is 35.4 Å². The zero-order valence-electron chi connectivity index (χ0n) is 30.6. The van der Waals surface area contributed by atoms with E-state index in [2.05, 4.69) is 56.7 Å². The molecule has 14 heteroatoms. The molecule has 0 spiro atoms. The number of carbonyl (C=O) groups excluding carboxylic acids is 1. The van der Waals surface area contributed by atoms with Gasteiger partial charge >= 0.3 is 0 Å². The Morgan fingerprint density at radius 1 is 1.08 bits per heavy atom. The molecule has 0 bridgehead atoms. The number of hydrogen-bond donors (Lipinski definition) is 2. The number of rotatable bonds is 13. The maximum absolute atomic E-state index is 13.3. The molecule has 13 nitrogen and oxygen atoms in total. The summed E-state index contributed by atoms with van der Waals surface area (Å²) >= 11 is 1.52. The number of likely N-dealkylation sites (tertiary alicyclic amines) is 1. The predicted molar refractivity (Wildman–Crippen MR) is 204 cm³/mol. The van der Waals surface area contributed by atoms with E-state index in [9.17, 15) is 4.79 Å². The fraction of sp³-hybridized carbons (Fsp3) is 0.410. The lowest BCUT2D eigenvalue weighted by Crippen LogP contribution is -2.41. The number of aromatic nitrogens is 5. The molecule has 1 unspecified atom stereocenters. The Hall–Kier alpha value is -5.21. The molecule has 2 aromatic carbocycles. The number of thiophene rings is 1. The fourth-order valence-electron chi connectivity index (χ4n) is 7.03. The van der Waals surface area contributed by atoms with Crippen molar-refractivity contribution in [2.45, 2.75) is 70.4 Å². The van der Waals surface area contributed by atoms with Crippen LogP contribution in [0.4, 0.5) is 5.82 Å². The van der Waals surface area contributed by atoms with Gasteiger partial charge in [-0.25, -0.2) is 0 Å². The number of anilines is 1. The van der Waals surface area contributed by atoms with E-state index in [-0.39, 0.29) is 29.6 Å². The van der Waals surface area contributed by atoms with Crippen LogP contribution in [0.5, 0.6) is 17.2 Å². The summed E-state index contributed by atoms with van der Waals surface area (Å²) in [5.74, 6) is 2.91. The molecule has 1 fully saturated rings. The Kier molecular flexibility index (Phi) is 11.1. The van der Waals surface area contributed by atoms with Crippen molar-refractivity contribution >= 4 is 23.1 Å². The smallest absolute Gasteiger partial charge is 0.282 e. The second-order valence-corrected chi connectivity index (χ2v) is 14.7. The molecule has 1 saturated heterocycles. The third kappa shape index (κ3) is 8.23. The van der Waals surface area contributed by atoms with Crippen molar-refractivity contribution in [2.75, 3.05) is 39.6 Å². The van der Waals surface area contributed by atoms with Crippen LogP contribution < -0.4 is 25.3 Å². The predicted octanol–water partition coefficient (Wildman–Crippen LogP) is 6.91. The first kappa shape index (κ1) is 36.2. The number of benzene rings is 2. The van der Waals surface area contributed by atoms with Crippen LogP contribution >= 0.6 is 11.3 Å². The Morgan fingerprint density at radius 3 is 2.68 bits per heavy atom. The van der Waals surface area contributed by atoms with Crippen molar-refractivity contribution < 1.29 is 23.5 Å². The van der Waals surface area contributed by atoms with Gasteiger partial charge in [-0.05, 0) is 99.7 Å². The second-order valence-electron chi connectivity index (χ2n) is 13.7. The number of nitrogens with zero attached hydrogens (tertiary/aromatic N) is 6. The van der Waals surface area contributed by atoms with E-state index in [4.69, 9.17) is 24.5 Å². The molecular formula is C39H46N8O5S. The number of nitrogen functional groups attached to an aromatic ring is 1. The molecule has 278 valence electrons. The highest BCUT2D eigenvalue weighted by Crippen LogP contribution is 2.37. The first-order valence-corrected chi connectivity index (χ1v) is 19.0. The molecule has 0 saturated carbocycles. The number of methoxy groups -OCH3 is 2. The van der Waals surface area contributed by atoms with Crippen LogP contribution in [0.2, 0.25) is 0 Å². The number of ether oxygens (including phenoxy) is 3. The third-order valence-corrected chi connectivity index (χ3v) is 10.9. The Bertz CT molecular complexity index is 2050. The number of hydrogen-bond acceptors (Lipinski definition) is 12. The van der Waals surface area contributed by atoms with Gasteiger partial charge in [-0.3, -0.25) is 4.79 Å². The van der Waals surface area contributed by atoms with Crippen molar-refractivity contribution in [2.24, 2.45) is 0 Å². The molecule has 1 amide bonds. The van der Waals surface area contributed by atoms with Gasteiger partial charge in [0, 0.05) is 43.2 Å². The highest BCUT2D eigenvalue weighted by atomic mass is 32.1. The van der Waals surface area contributed by atoms with Gasteiger partial charge in [0.2, 0.25) is 5.82 Å². The molecule has 3 N–H and O–H groups in total. The summed E-state index contributed by atoms with van der Waals surface area (Å²) in [5.41, 5.74) is 10.5. The van der Waals surface area contributed by atoms with Gasteiger partial charge < -0.3 is 34.7 Å². The third-order valence-electron chi connectivity index (χ3n) is 10.0. The summed E-state index contributed by atoms with van der Waals surface area (Å²) in [6.07, 6.45) is 8.05. The molecule has 1 atom stereocenters. The summed E-state index contributed by atoms with van der Waals surface area (Å²) in [6, 6.07) is 15.8. The minimum atomic E-state index is -0.134. The number of amides is 1. The Balaban J connectivity index is 1.00. The van der Waals surface area contributed by atoms with E-state index >= 15 is 0 Å². The van der Waals surface area contributed by atoms with Crippen LogP contribution in [-0.2, 0) is 0 Å². The van der Waals surface area contributed by atoms with Gasteiger partial charge in [0.1, 0.15) is 11.9 Å². The van der Waals surface area contributed by atoms with Crippen LogP contribution in [0.3, 0.4) is 0 Å². The minimum absolute atomic E-state index is 0.0943. The van der Waals surface area contributed by atoms with Crippen LogP contribution in [0.1, 0.15) is 74.2 Å². The van der Waals surface area contributed by atoms with E-state index in [1.807, 2.05) is 35.7 Å². The van der Waals surface area contributed by atoms with Crippen LogP contribution in [0.25, 0.3) is 28.0 Å². The van der Waals surface area contributed by atoms with Crippen molar-refractivity contribution in [3.8, 4) is 45.2 Å².